The molecule has 3 nitrogen and oxygen atoms in total. The first-order valence-corrected chi connectivity index (χ1v) is 7.77. The molecular weight excluding hydrogens is 324 g/mol. The number of rotatable bonds is 5. The monoisotopic (exact) mass is 340 g/mol. The Morgan fingerprint density at radius 1 is 1.42 bits per heavy atom. The molecule has 0 saturated carbocycles. The molecule has 0 fully saturated rings. The molecule has 0 unspecified atom stereocenters. The van der Waals surface area contributed by atoms with Crippen molar-refractivity contribution in [3.8, 4) is 0 Å². The third-order valence-corrected chi connectivity index (χ3v) is 4.36. The third kappa shape index (κ3) is 4.37. The van der Waals surface area contributed by atoms with Gasteiger partial charge in [-0.15, -0.1) is 0 Å². The summed E-state index contributed by atoms with van der Waals surface area (Å²) >= 11 is 5.12. The lowest BCUT2D eigenvalue weighted by molar-refractivity contribution is 0.454. The van der Waals surface area contributed by atoms with Gasteiger partial charge in [0.2, 0.25) is 0 Å². The van der Waals surface area contributed by atoms with Gasteiger partial charge in [0.25, 0.3) is 5.22 Å². The van der Waals surface area contributed by atoms with Crippen LogP contribution in [0.25, 0.3) is 0 Å². The molecule has 2 rings (SSSR count). The molecule has 0 radical (unpaired) electrons. The largest absolute Gasteiger partial charge is 0.439 e. The van der Waals surface area contributed by atoms with Gasteiger partial charge in [-0.05, 0) is 52.3 Å². The maximum absolute atomic E-state index is 5.35. The van der Waals surface area contributed by atoms with Crippen molar-refractivity contribution >= 4 is 27.7 Å². The van der Waals surface area contributed by atoms with Crippen LogP contribution in [0.2, 0.25) is 0 Å². The van der Waals surface area contributed by atoms with Crippen LogP contribution in [0, 0.1) is 6.92 Å². The van der Waals surface area contributed by atoms with Crippen molar-refractivity contribution in [2.45, 2.75) is 43.5 Å². The fourth-order valence-electron chi connectivity index (χ4n) is 1.53. The number of aromatic nitrogens is 1. The molecule has 0 aliphatic heterocycles. The molecule has 0 aliphatic rings. The van der Waals surface area contributed by atoms with Crippen molar-refractivity contribution in [2.24, 2.45) is 0 Å². The van der Waals surface area contributed by atoms with E-state index >= 15 is 0 Å². The summed E-state index contributed by atoms with van der Waals surface area (Å²) in [5, 5.41) is 4.08. The van der Waals surface area contributed by atoms with Crippen LogP contribution >= 0.6 is 27.7 Å². The zero-order valence-electron chi connectivity index (χ0n) is 11.2. The highest BCUT2D eigenvalue weighted by Gasteiger charge is 2.08. The van der Waals surface area contributed by atoms with Gasteiger partial charge in [0.15, 0.2) is 0 Å². The molecule has 19 heavy (non-hydrogen) atoms. The summed E-state index contributed by atoms with van der Waals surface area (Å²) in [6, 6.07) is 6.83. The van der Waals surface area contributed by atoms with Crippen molar-refractivity contribution in [3.63, 3.8) is 0 Å². The summed E-state index contributed by atoms with van der Waals surface area (Å²) in [6.45, 7) is 7.08. The molecule has 0 saturated heterocycles. The molecule has 0 aliphatic carbocycles. The van der Waals surface area contributed by atoms with Crippen LogP contribution < -0.4 is 5.32 Å². The van der Waals surface area contributed by atoms with Gasteiger partial charge in [0.05, 0.1) is 5.69 Å². The normalized spacial score (nSPS) is 11.2. The van der Waals surface area contributed by atoms with Crippen LogP contribution in [0.4, 0.5) is 0 Å². The van der Waals surface area contributed by atoms with Crippen LogP contribution in [0.5, 0.6) is 0 Å². The highest BCUT2D eigenvalue weighted by atomic mass is 79.9. The van der Waals surface area contributed by atoms with Gasteiger partial charge in [-0.25, -0.2) is 4.98 Å². The van der Waals surface area contributed by atoms with Crippen molar-refractivity contribution in [1.82, 2.24) is 10.3 Å². The summed E-state index contributed by atoms with van der Waals surface area (Å²) in [5.74, 6) is 0. The second-order valence-electron chi connectivity index (χ2n) is 4.66. The molecule has 1 heterocycles. The van der Waals surface area contributed by atoms with E-state index in [0.29, 0.717) is 11.3 Å². The first kappa shape index (κ1) is 14.6. The standard InChI is InChI=1S/C14H17BrN2OS/c1-9(2)16-7-11-4-5-13(12(15)6-11)19-14-17-10(3)8-18-14/h4-6,8-9,16H,7H2,1-3H3. The molecule has 1 aromatic carbocycles. The average molecular weight is 341 g/mol. The summed E-state index contributed by atoms with van der Waals surface area (Å²) in [7, 11) is 0. The molecular formula is C14H17BrN2OS. The van der Waals surface area contributed by atoms with E-state index in [1.807, 2.05) is 6.92 Å². The summed E-state index contributed by atoms with van der Waals surface area (Å²) in [5.41, 5.74) is 2.16. The van der Waals surface area contributed by atoms with E-state index in [1.165, 1.54) is 17.3 Å². The third-order valence-electron chi connectivity index (χ3n) is 2.51. The lowest BCUT2D eigenvalue weighted by Crippen LogP contribution is -2.21. The van der Waals surface area contributed by atoms with Crippen LogP contribution in [0.3, 0.4) is 0 Å². The van der Waals surface area contributed by atoms with E-state index in [-0.39, 0.29) is 0 Å². The minimum Gasteiger partial charge on any atom is -0.439 e. The predicted molar refractivity (Wildman–Crippen MR) is 81.5 cm³/mol. The van der Waals surface area contributed by atoms with Crippen LogP contribution in [0.1, 0.15) is 25.1 Å². The molecule has 1 aromatic heterocycles. The second-order valence-corrected chi connectivity index (χ2v) is 6.50. The quantitative estimate of drug-likeness (QED) is 0.875. The van der Waals surface area contributed by atoms with Crippen molar-refractivity contribution in [2.75, 3.05) is 0 Å². The lowest BCUT2D eigenvalue weighted by atomic mass is 10.2. The average Bonchev–Trinajstić information content (AvgIpc) is 2.75. The van der Waals surface area contributed by atoms with E-state index < -0.39 is 0 Å². The minimum atomic E-state index is 0.489. The first-order valence-electron chi connectivity index (χ1n) is 6.16. The van der Waals surface area contributed by atoms with E-state index in [4.69, 9.17) is 4.42 Å². The summed E-state index contributed by atoms with van der Waals surface area (Å²) < 4.78 is 6.42. The molecule has 0 atom stereocenters. The van der Waals surface area contributed by atoms with Crippen LogP contribution in [0.15, 0.2) is 43.5 Å². The summed E-state index contributed by atoms with van der Waals surface area (Å²) in [4.78, 5) is 5.40. The van der Waals surface area contributed by atoms with Gasteiger partial charge in [-0.3, -0.25) is 0 Å². The van der Waals surface area contributed by atoms with Gasteiger partial charge in [0.1, 0.15) is 6.26 Å². The van der Waals surface area contributed by atoms with Gasteiger partial charge in [-0.2, -0.15) is 0 Å². The van der Waals surface area contributed by atoms with Gasteiger partial charge in [0, 0.05) is 22.0 Å². The molecule has 5 heteroatoms. The van der Waals surface area contributed by atoms with Gasteiger partial charge < -0.3 is 9.73 Å². The highest BCUT2D eigenvalue weighted by molar-refractivity contribution is 9.10. The molecule has 0 bridgehead atoms. The SMILES string of the molecule is Cc1coc(Sc2ccc(CNC(C)C)cc2Br)n1. The maximum Gasteiger partial charge on any atom is 0.260 e. The Labute approximate surface area is 126 Å². The molecule has 0 amide bonds. The topological polar surface area (TPSA) is 38.1 Å². The Kier molecular flexibility index (Phi) is 5.07. The zero-order chi connectivity index (χ0) is 13.8. The van der Waals surface area contributed by atoms with Crippen LogP contribution in [-0.4, -0.2) is 11.0 Å². The Bertz CT molecular complexity index is 554. The van der Waals surface area contributed by atoms with Crippen LogP contribution in [-0.2, 0) is 6.54 Å². The number of hydrogen-bond donors (Lipinski definition) is 1. The predicted octanol–water partition coefficient (Wildman–Crippen LogP) is 4.39. The van der Waals surface area contributed by atoms with Crippen molar-refractivity contribution < 1.29 is 4.42 Å². The Balaban J connectivity index is 2.06. The Morgan fingerprint density at radius 2 is 2.21 bits per heavy atom. The number of nitrogens with zero attached hydrogens (tertiary/aromatic N) is 1. The Morgan fingerprint density at radius 3 is 2.79 bits per heavy atom. The molecule has 2 aromatic rings. The number of hydrogen-bond acceptors (Lipinski definition) is 4. The number of benzene rings is 1. The smallest absolute Gasteiger partial charge is 0.260 e. The fourth-order valence-corrected chi connectivity index (χ4v) is 2.97. The van der Waals surface area contributed by atoms with Crippen molar-refractivity contribution in [1.29, 1.82) is 0 Å². The van der Waals surface area contributed by atoms with E-state index in [9.17, 15) is 0 Å². The fraction of sp³-hybridized carbons (Fsp3) is 0.357. The lowest BCUT2D eigenvalue weighted by Gasteiger charge is -2.09. The van der Waals surface area contributed by atoms with Crippen molar-refractivity contribution in [3.05, 3.63) is 40.2 Å². The zero-order valence-corrected chi connectivity index (χ0v) is 13.6. The van der Waals surface area contributed by atoms with E-state index in [0.717, 1.165) is 21.6 Å². The Hall–Kier alpha value is -0.780. The number of oxazole rings is 1. The van der Waals surface area contributed by atoms with Gasteiger partial charge >= 0.3 is 0 Å². The second kappa shape index (κ2) is 6.59. The number of halogens is 1. The number of aryl methyl sites for hydroxylation is 1. The molecule has 102 valence electrons. The van der Waals surface area contributed by atoms with Gasteiger partial charge in [-0.1, -0.05) is 19.9 Å². The highest BCUT2D eigenvalue weighted by Crippen LogP contribution is 2.33. The molecule has 1 N–H and O–H groups in total. The molecule has 0 spiro atoms. The summed E-state index contributed by atoms with van der Waals surface area (Å²) in [6.07, 6.45) is 1.66. The minimum absolute atomic E-state index is 0.489. The van der Waals surface area contributed by atoms with E-state index in [2.05, 4.69) is 58.3 Å². The van der Waals surface area contributed by atoms with E-state index in [1.54, 1.807) is 6.26 Å². The first-order chi connectivity index (χ1) is 9.04. The number of nitrogens with one attached hydrogen (secondary N) is 1. The maximum atomic E-state index is 5.35.